The number of nitrogens with two attached hydrogens (primary N) is 1. The van der Waals surface area contributed by atoms with E-state index in [-0.39, 0.29) is 0 Å². The lowest BCUT2D eigenvalue weighted by molar-refractivity contribution is 0.280. The molecule has 0 bridgehead atoms. The van der Waals surface area contributed by atoms with Gasteiger partial charge in [-0.25, -0.2) is 9.50 Å². The Morgan fingerprint density at radius 3 is 3.05 bits per heavy atom. The summed E-state index contributed by atoms with van der Waals surface area (Å²) in [7, 11) is 0. The largest absolute Gasteiger partial charge is 0.462 e. The highest BCUT2D eigenvalue weighted by Gasteiger charge is 2.20. The second-order valence-corrected chi connectivity index (χ2v) is 5.19. The average Bonchev–Trinajstić information content (AvgIpc) is 2.78. The quantitative estimate of drug-likeness (QED) is 0.753. The normalized spacial score (nSPS) is 15.4. The Morgan fingerprint density at radius 2 is 2.35 bits per heavy atom. The smallest absolute Gasteiger partial charge is 0.336 e. The van der Waals surface area contributed by atoms with Gasteiger partial charge in [-0.05, 0) is 31.8 Å². The van der Waals surface area contributed by atoms with Crippen LogP contribution in [0.15, 0.2) is 6.20 Å². The monoisotopic (exact) mass is 276 g/mol. The minimum absolute atomic E-state index is 0.328. The summed E-state index contributed by atoms with van der Waals surface area (Å²) in [6.45, 7) is 4.82. The molecule has 0 saturated carbocycles. The molecule has 2 aromatic heterocycles. The van der Waals surface area contributed by atoms with Crippen LogP contribution in [0.5, 0.6) is 6.01 Å². The predicted molar refractivity (Wildman–Crippen MR) is 75.7 cm³/mol. The molecule has 0 radical (unpaired) electrons. The van der Waals surface area contributed by atoms with E-state index in [1.807, 2.05) is 6.20 Å². The van der Waals surface area contributed by atoms with Gasteiger partial charge in [0, 0.05) is 0 Å². The van der Waals surface area contributed by atoms with Crippen LogP contribution >= 0.6 is 0 Å². The Hall–Kier alpha value is -1.89. The molecule has 1 aliphatic rings. The topological polar surface area (TPSA) is 90.4 Å². The van der Waals surface area contributed by atoms with Gasteiger partial charge in [-0.3, -0.25) is 0 Å². The number of aromatic nitrogens is 4. The third-order valence-corrected chi connectivity index (χ3v) is 3.53. The van der Waals surface area contributed by atoms with Gasteiger partial charge >= 0.3 is 6.01 Å². The van der Waals surface area contributed by atoms with E-state index in [2.05, 4.69) is 27.3 Å². The van der Waals surface area contributed by atoms with Crippen LogP contribution < -0.4 is 15.8 Å². The first-order valence-corrected chi connectivity index (χ1v) is 7.11. The lowest BCUT2D eigenvalue weighted by Gasteiger charge is -2.26. The number of hydrogen-bond acceptors (Lipinski definition) is 6. The van der Waals surface area contributed by atoms with Gasteiger partial charge in [-0.2, -0.15) is 4.98 Å². The molecule has 0 aromatic carbocycles. The molecule has 0 spiro atoms. The molecule has 1 saturated heterocycles. The van der Waals surface area contributed by atoms with Crippen molar-refractivity contribution in [2.24, 2.45) is 5.92 Å². The van der Waals surface area contributed by atoms with Gasteiger partial charge in [-0.1, -0.05) is 13.3 Å². The zero-order valence-corrected chi connectivity index (χ0v) is 11.7. The first-order valence-electron chi connectivity index (χ1n) is 7.11. The zero-order valence-electron chi connectivity index (χ0n) is 11.7. The number of nitrogens with zero attached hydrogens (tertiary/aromatic N) is 4. The summed E-state index contributed by atoms with van der Waals surface area (Å²) in [5.41, 5.74) is 7.59. The maximum absolute atomic E-state index is 5.93. The summed E-state index contributed by atoms with van der Waals surface area (Å²) in [4.78, 5) is 8.45. The summed E-state index contributed by atoms with van der Waals surface area (Å²) in [6.07, 6.45) is 4.82. The van der Waals surface area contributed by atoms with Crippen molar-refractivity contribution in [2.75, 3.05) is 25.4 Å². The van der Waals surface area contributed by atoms with Crippen LogP contribution in [-0.2, 0) is 6.42 Å². The highest BCUT2D eigenvalue weighted by molar-refractivity contribution is 5.59. The van der Waals surface area contributed by atoms with E-state index in [0.29, 0.717) is 30.0 Å². The number of imidazole rings is 1. The number of nitrogens with one attached hydrogen (secondary N) is 1. The number of anilines is 1. The van der Waals surface area contributed by atoms with Crippen LogP contribution in [-0.4, -0.2) is 39.3 Å². The Bertz CT molecular complexity index is 592. The molecule has 7 nitrogen and oxygen atoms in total. The molecule has 1 aliphatic heterocycles. The maximum Gasteiger partial charge on any atom is 0.336 e. The molecule has 3 heterocycles. The fourth-order valence-electron chi connectivity index (χ4n) is 2.22. The van der Waals surface area contributed by atoms with Gasteiger partial charge in [-0.15, -0.1) is 5.10 Å². The fourth-order valence-corrected chi connectivity index (χ4v) is 2.22. The SMILES string of the molecule is CCCCOc1nc(N)c2ncc(CC3CNC3)n2n1. The number of rotatable bonds is 6. The van der Waals surface area contributed by atoms with Crippen molar-refractivity contribution in [1.29, 1.82) is 0 Å². The lowest BCUT2D eigenvalue weighted by Crippen LogP contribution is -2.43. The zero-order chi connectivity index (χ0) is 13.9. The van der Waals surface area contributed by atoms with E-state index >= 15 is 0 Å². The second-order valence-electron chi connectivity index (χ2n) is 5.19. The number of ether oxygens (including phenoxy) is 1. The molecule has 2 aromatic rings. The van der Waals surface area contributed by atoms with Crippen molar-refractivity contribution in [3.8, 4) is 6.01 Å². The fraction of sp³-hybridized carbons (Fsp3) is 0.615. The van der Waals surface area contributed by atoms with Crippen molar-refractivity contribution >= 4 is 11.5 Å². The highest BCUT2D eigenvalue weighted by atomic mass is 16.5. The van der Waals surface area contributed by atoms with E-state index in [9.17, 15) is 0 Å². The number of unbranched alkanes of at least 4 members (excludes halogenated alkanes) is 1. The third kappa shape index (κ3) is 2.53. The van der Waals surface area contributed by atoms with Crippen molar-refractivity contribution in [3.63, 3.8) is 0 Å². The van der Waals surface area contributed by atoms with Gasteiger partial charge in [0.2, 0.25) is 0 Å². The molecule has 3 rings (SSSR count). The number of nitrogen functional groups attached to an aromatic ring is 1. The molecule has 108 valence electrons. The summed E-state index contributed by atoms with van der Waals surface area (Å²) in [5, 5.41) is 7.67. The van der Waals surface area contributed by atoms with E-state index in [1.165, 1.54) is 0 Å². The summed E-state index contributed by atoms with van der Waals surface area (Å²) in [5.74, 6) is 1.01. The molecule has 7 heteroatoms. The molecule has 0 aliphatic carbocycles. The molecular weight excluding hydrogens is 256 g/mol. The highest BCUT2D eigenvalue weighted by Crippen LogP contribution is 2.18. The van der Waals surface area contributed by atoms with Gasteiger partial charge < -0.3 is 15.8 Å². The molecule has 0 unspecified atom stereocenters. The average molecular weight is 276 g/mol. The Balaban J connectivity index is 1.84. The van der Waals surface area contributed by atoms with Crippen LogP contribution in [0.25, 0.3) is 5.65 Å². The van der Waals surface area contributed by atoms with Crippen molar-refractivity contribution in [3.05, 3.63) is 11.9 Å². The summed E-state index contributed by atoms with van der Waals surface area (Å²) < 4.78 is 7.31. The van der Waals surface area contributed by atoms with Crippen molar-refractivity contribution in [2.45, 2.75) is 26.2 Å². The number of fused-ring (bicyclic) bond motifs is 1. The van der Waals surface area contributed by atoms with Gasteiger partial charge in [0.1, 0.15) is 0 Å². The van der Waals surface area contributed by atoms with Crippen molar-refractivity contribution < 1.29 is 4.74 Å². The second kappa shape index (κ2) is 5.62. The van der Waals surface area contributed by atoms with E-state index < -0.39 is 0 Å². The Kier molecular flexibility index (Phi) is 3.68. The van der Waals surface area contributed by atoms with Gasteiger partial charge in [0.15, 0.2) is 11.5 Å². The minimum Gasteiger partial charge on any atom is -0.462 e. The predicted octanol–water partition coefficient (Wildman–Crippen LogP) is 0.647. The maximum atomic E-state index is 5.93. The summed E-state index contributed by atoms with van der Waals surface area (Å²) >= 11 is 0. The molecule has 0 amide bonds. The Morgan fingerprint density at radius 1 is 1.50 bits per heavy atom. The van der Waals surface area contributed by atoms with Crippen LogP contribution in [0.2, 0.25) is 0 Å². The van der Waals surface area contributed by atoms with Crippen LogP contribution in [0.1, 0.15) is 25.5 Å². The van der Waals surface area contributed by atoms with E-state index in [4.69, 9.17) is 10.5 Å². The molecular formula is C13H20N6O. The molecule has 1 fully saturated rings. The standard InChI is InChI=1S/C13H20N6O/c1-2-3-4-20-13-17-11(14)12-16-8-10(19(12)18-13)5-9-6-15-7-9/h8-9,15H,2-7H2,1H3,(H2,14,17,18). The van der Waals surface area contributed by atoms with Crippen LogP contribution in [0, 0.1) is 5.92 Å². The van der Waals surface area contributed by atoms with Crippen LogP contribution in [0.4, 0.5) is 5.82 Å². The molecule has 3 N–H and O–H groups in total. The van der Waals surface area contributed by atoms with E-state index in [0.717, 1.165) is 38.0 Å². The van der Waals surface area contributed by atoms with Crippen molar-refractivity contribution in [1.82, 2.24) is 24.9 Å². The van der Waals surface area contributed by atoms with E-state index in [1.54, 1.807) is 4.52 Å². The minimum atomic E-state index is 0.328. The first-order chi connectivity index (χ1) is 9.78. The number of hydrogen-bond donors (Lipinski definition) is 2. The Labute approximate surface area is 117 Å². The first kappa shape index (κ1) is 13.1. The third-order valence-electron chi connectivity index (χ3n) is 3.53. The summed E-state index contributed by atoms with van der Waals surface area (Å²) in [6, 6.07) is 0.328. The van der Waals surface area contributed by atoms with Gasteiger partial charge in [0.25, 0.3) is 0 Å². The molecule has 20 heavy (non-hydrogen) atoms. The van der Waals surface area contributed by atoms with Gasteiger partial charge in [0.05, 0.1) is 18.5 Å². The lowest BCUT2D eigenvalue weighted by atomic mass is 9.98. The molecule has 0 atom stereocenters. The van der Waals surface area contributed by atoms with Crippen LogP contribution in [0.3, 0.4) is 0 Å².